The van der Waals surface area contributed by atoms with Crippen molar-refractivity contribution >= 4 is 24.0 Å². The van der Waals surface area contributed by atoms with Crippen molar-refractivity contribution in [3.05, 3.63) is 84.2 Å². The molecule has 14 nitrogen and oxygen atoms in total. The van der Waals surface area contributed by atoms with Crippen molar-refractivity contribution < 1.29 is 28.7 Å². The minimum atomic E-state index is -0.720. The monoisotopic (exact) mass is 776 g/mol. The molecule has 0 spiro atoms. The number of aromatic nitrogens is 4. The van der Waals surface area contributed by atoms with E-state index in [9.17, 15) is 19.2 Å². The third-order valence-electron chi connectivity index (χ3n) is 11.3. The number of alkyl carbamates (subject to hydrolysis) is 2. The van der Waals surface area contributed by atoms with Crippen molar-refractivity contribution in [3.8, 4) is 33.6 Å². The van der Waals surface area contributed by atoms with E-state index in [-0.39, 0.29) is 35.7 Å². The first-order valence-corrected chi connectivity index (χ1v) is 19.8. The highest BCUT2D eigenvalue weighted by atomic mass is 16.5. The molecule has 4 N–H and O–H groups in total. The third-order valence-corrected chi connectivity index (χ3v) is 11.3. The maximum absolute atomic E-state index is 13.9. The molecular weight excluding hydrogens is 725 g/mol. The second-order valence-electron chi connectivity index (χ2n) is 15.9. The van der Waals surface area contributed by atoms with Crippen LogP contribution < -0.4 is 10.6 Å². The fourth-order valence-corrected chi connectivity index (χ4v) is 7.84. The number of amides is 4. The van der Waals surface area contributed by atoms with Gasteiger partial charge in [-0.05, 0) is 71.3 Å². The van der Waals surface area contributed by atoms with Gasteiger partial charge in [0.25, 0.3) is 0 Å². The molecule has 2 aromatic carbocycles. The van der Waals surface area contributed by atoms with Crippen LogP contribution >= 0.6 is 0 Å². The molecule has 1 saturated carbocycles. The lowest BCUT2D eigenvalue weighted by Gasteiger charge is -2.30. The Morgan fingerprint density at radius 2 is 1.16 bits per heavy atom. The van der Waals surface area contributed by atoms with Gasteiger partial charge in [0.1, 0.15) is 29.8 Å². The van der Waals surface area contributed by atoms with Crippen LogP contribution in [-0.2, 0) is 19.1 Å². The molecule has 2 aromatic heterocycles. The van der Waals surface area contributed by atoms with Gasteiger partial charge in [-0.1, -0.05) is 82.3 Å². The molecule has 4 heterocycles. The Labute approximate surface area is 332 Å². The van der Waals surface area contributed by atoms with E-state index in [1.54, 1.807) is 12.4 Å². The number of rotatable bonds is 12. The minimum Gasteiger partial charge on any atom is -0.453 e. The van der Waals surface area contributed by atoms with E-state index in [1.165, 1.54) is 19.8 Å². The number of hydrogen-bond donors (Lipinski definition) is 4. The van der Waals surface area contributed by atoms with E-state index in [4.69, 9.17) is 14.5 Å². The molecule has 4 atom stereocenters. The Kier molecular flexibility index (Phi) is 11.5. The molecule has 1 aliphatic carbocycles. The quantitative estimate of drug-likeness (QED) is 0.114. The number of methoxy groups -OCH3 is 2. The number of ether oxygens (including phenoxy) is 2. The normalized spacial score (nSPS) is 19.1. The van der Waals surface area contributed by atoms with Crippen LogP contribution in [0.3, 0.4) is 0 Å². The smallest absolute Gasteiger partial charge is 0.407 e. The molecule has 14 heteroatoms. The summed E-state index contributed by atoms with van der Waals surface area (Å²) >= 11 is 0. The molecule has 4 unspecified atom stereocenters. The Morgan fingerprint density at radius 1 is 0.684 bits per heavy atom. The van der Waals surface area contributed by atoms with E-state index < -0.39 is 24.3 Å². The molecule has 3 aliphatic rings. The van der Waals surface area contributed by atoms with Crippen LogP contribution in [0.25, 0.3) is 33.6 Å². The van der Waals surface area contributed by atoms with Crippen LogP contribution in [0.1, 0.15) is 77.1 Å². The fourth-order valence-electron chi connectivity index (χ4n) is 7.84. The van der Waals surface area contributed by atoms with Gasteiger partial charge in [-0.2, -0.15) is 0 Å². The summed E-state index contributed by atoms with van der Waals surface area (Å²) in [7, 11) is 2.58. The number of aromatic amines is 2. The maximum Gasteiger partial charge on any atom is 0.407 e. The lowest BCUT2D eigenvalue weighted by Crippen LogP contribution is -2.51. The van der Waals surface area contributed by atoms with Gasteiger partial charge in [0.05, 0.1) is 44.0 Å². The molecule has 2 fully saturated rings. The molecule has 4 aromatic rings. The number of nitrogens with zero attached hydrogens (tertiary/aromatic N) is 4. The molecule has 300 valence electrons. The number of nitrogens with one attached hydrogen (secondary N) is 4. The number of imidazole rings is 2. The highest BCUT2D eigenvalue weighted by Gasteiger charge is 2.41. The van der Waals surface area contributed by atoms with Gasteiger partial charge < -0.3 is 39.9 Å². The van der Waals surface area contributed by atoms with Gasteiger partial charge in [0.2, 0.25) is 11.8 Å². The van der Waals surface area contributed by atoms with E-state index in [0.29, 0.717) is 24.8 Å². The molecule has 2 aliphatic heterocycles. The number of carbonyl (C=O) groups is 4. The average molecular weight is 777 g/mol. The predicted molar refractivity (Wildman–Crippen MR) is 214 cm³/mol. The number of benzene rings is 2. The Morgan fingerprint density at radius 3 is 1.65 bits per heavy atom. The number of likely N-dealkylation sites (tertiary alicyclic amines) is 1. The van der Waals surface area contributed by atoms with Crippen LogP contribution in [0.4, 0.5) is 9.59 Å². The SMILES string of the molecule is COC(=O)NC(C(=O)N1CC(C2CC2)=CC1c1ncc(-c2ccc(-c3ccc(-c4cnc(C5CCCN5C(=O)C(NC(=O)OC)C(C)C)[nH]4)cc3)cc2)[nH]1)C(C)C. The van der Waals surface area contributed by atoms with Gasteiger partial charge in [-0.25, -0.2) is 19.6 Å². The standard InChI is InChI=1S/C43H52N8O6/c1-24(2)36(48-42(54)56-5)40(52)50-19-7-8-34(50)38-44-21-32(46-38)29-15-11-26(12-16-29)27-13-17-30(18-14-27)33-22-45-39(47-33)35-20-31(28-9-10-28)23-51(35)41(53)37(25(3)4)49-43(55)57-6/h11-18,20-22,24-25,28,34-37H,7-10,19,23H2,1-6H3,(H,44,46)(H,45,47)(H,48,54)(H,49,55). The predicted octanol–water partition coefficient (Wildman–Crippen LogP) is 6.78. The van der Waals surface area contributed by atoms with Crippen molar-refractivity contribution in [3.63, 3.8) is 0 Å². The first kappa shape index (κ1) is 39.3. The van der Waals surface area contributed by atoms with E-state index in [1.807, 2.05) is 37.5 Å². The summed E-state index contributed by atoms with van der Waals surface area (Å²) in [5, 5.41) is 5.42. The Bertz CT molecular complexity index is 2120. The highest BCUT2D eigenvalue weighted by molar-refractivity contribution is 5.87. The van der Waals surface area contributed by atoms with Crippen LogP contribution in [0, 0.1) is 17.8 Å². The summed E-state index contributed by atoms with van der Waals surface area (Å²) in [5.41, 5.74) is 6.99. The number of H-pyrrole nitrogens is 2. The molecule has 0 bridgehead atoms. The fraction of sp³-hybridized carbons (Fsp3) is 0.442. The zero-order chi connectivity index (χ0) is 40.4. The van der Waals surface area contributed by atoms with Crippen molar-refractivity contribution in [2.24, 2.45) is 17.8 Å². The Balaban J connectivity index is 1.02. The summed E-state index contributed by atoms with van der Waals surface area (Å²) in [4.78, 5) is 71.4. The molecule has 1 saturated heterocycles. The van der Waals surface area contributed by atoms with Crippen molar-refractivity contribution in [1.82, 2.24) is 40.4 Å². The maximum atomic E-state index is 13.9. The summed E-state index contributed by atoms with van der Waals surface area (Å²) in [6.07, 6.45) is 8.38. The van der Waals surface area contributed by atoms with Crippen LogP contribution in [0.5, 0.6) is 0 Å². The largest absolute Gasteiger partial charge is 0.453 e. The van der Waals surface area contributed by atoms with Crippen molar-refractivity contribution in [1.29, 1.82) is 0 Å². The summed E-state index contributed by atoms with van der Waals surface area (Å²) < 4.78 is 9.56. The third kappa shape index (κ3) is 8.45. The van der Waals surface area contributed by atoms with Gasteiger partial charge in [0.15, 0.2) is 0 Å². The average Bonchev–Trinajstić information content (AvgIpc) is 3.65. The van der Waals surface area contributed by atoms with Crippen LogP contribution in [0.2, 0.25) is 0 Å². The lowest BCUT2D eigenvalue weighted by molar-refractivity contribution is -0.136. The van der Waals surface area contributed by atoms with Crippen molar-refractivity contribution in [2.45, 2.75) is 77.5 Å². The van der Waals surface area contributed by atoms with Gasteiger partial charge >= 0.3 is 12.2 Å². The van der Waals surface area contributed by atoms with Gasteiger partial charge in [0, 0.05) is 13.1 Å². The zero-order valence-corrected chi connectivity index (χ0v) is 33.4. The number of carbonyl (C=O) groups excluding carboxylic acids is 4. The topological polar surface area (TPSA) is 175 Å². The second kappa shape index (κ2) is 16.7. The van der Waals surface area contributed by atoms with Crippen LogP contribution in [0.15, 0.2) is 72.6 Å². The molecule has 0 radical (unpaired) electrons. The second-order valence-corrected chi connectivity index (χ2v) is 15.9. The first-order valence-electron chi connectivity index (χ1n) is 19.8. The van der Waals surface area contributed by atoms with Gasteiger partial charge in [-0.15, -0.1) is 0 Å². The molecule has 4 amide bonds. The molecule has 57 heavy (non-hydrogen) atoms. The van der Waals surface area contributed by atoms with Crippen LogP contribution in [-0.4, -0.2) is 93.1 Å². The van der Waals surface area contributed by atoms with Gasteiger partial charge in [-0.3, -0.25) is 9.59 Å². The minimum absolute atomic E-state index is 0.106. The van der Waals surface area contributed by atoms with E-state index >= 15 is 0 Å². The Hall–Kier alpha value is -5.92. The summed E-state index contributed by atoms with van der Waals surface area (Å²) in [6, 6.07) is 14.5. The number of hydrogen-bond acceptors (Lipinski definition) is 8. The first-order chi connectivity index (χ1) is 27.4. The highest BCUT2D eigenvalue weighted by Crippen LogP contribution is 2.43. The van der Waals surface area contributed by atoms with E-state index in [2.05, 4.69) is 80.2 Å². The zero-order valence-electron chi connectivity index (χ0n) is 33.4. The lowest BCUT2D eigenvalue weighted by atomic mass is 10.0. The summed E-state index contributed by atoms with van der Waals surface area (Å²) in [6.45, 7) is 8.73. The van der Waals surface area contributed by atoms with E-state index in [0.717, 1.165) is 65.1 Å². The molecular formula is C43H52N8O6. The van der Waals surface area contributed by atoms with Crippen molar-refractivity contribution in [2.75, 3.05) is 27.3 Å². The summed E-state index contributed by atoms with van der Waals surface area (Å²) in [5.74, 6) is 1.36. The molecule has 7 rings (SSSR count).